The standard InChI is InChI=1S/C25H36F2N6O3/c1-16-22(29-19-7-12-35-15-19)30-23(18-5-4-6-20(13-18)36-25(28-3)17(2)34)31-24(16)33-10-8-32(9-11-33)14-21(26)27/h4-6,13,17,19,21,25,28,34H,7-12,14-15H2,1-3H3,(H,29,30,31)/t17?,19-,25?/m1/s1. The number of rotatable bonds is 10. The molecule has 0 radical (unpaired) electrons. The summed E-state index contributed by atoms with van der Waals surface area (Å²) in [6.07, 6.45) is -2.69. The molecule has 2 aromatic rings. The van der Waals surface area contributed by atoms with E-state index in [9.17, 15) is 13.9 Å². The molecular weight excluding hydrogens is 470 g/mol. The molecule has 36 heavy (non-hydrogen) atoms. The van der Waals surface area contributed by atoms with Crippen molar-refractivity contribution < 1.29 is 23.4 Å². The van der Waals surface area contributed by atoms with Crippen molar-refractivity contribution in [2.45, 2.75) is 45.1 Å². The highest BCUT2D eigenvalue weighted by molar-refractivity contribution is 5.67. The second kappa shape index (κ2) is 12.1. The molecule has 4 rings (SSSR count). The first-order valence-corrected chi connectivity index (χ1v) is 12.4. The van der Waals surface area contributed by atoms with Gasteiger partial charge in [0.25, 0.3) is 6.43 Å². The van der Waals surface area contributed by atoms with Gasteiger partial charge in [-0.25, -0.2) is 18.7 Å². The maximum absolute atomic E-state index is 12.8. The molecule has 1 aromatic heterocycles. The average molecular weight is 507 g/mol. The lowest BCUT2D eigenvalue weighted by Crippen LogP contribution is -2.48. The Bertz CT molecular complexity index is 998. The molecule has 0 aliphatic carbocycles. The lowest BCUT2D eigenvalue weighted by Gasteiger charge is -2.36. The molecule has 2 fully saturated rings. The maximum atomic E-state index is 12.8. The number of alkyl halides is 2. The van der Waals surface area contributed by atoms with Crippen molar-refractivity contribution in [2.75, 3.05) is 63.2 Å². The Morgan fingerprint density at radius 3 is 2.64 bits per heavy atom. The van der Waals surface area contributed by atoms with Gasteiger partial charge in [-0.2, -0.15) is 0 Å². The predicted octanol–water partition coefficient (Wildman–Crippen LogP) is 2.35. The smallest absolute Gasteiger partial charge is 0.251 e. The largest absolute Gasteiger partial charge is 0.473 e. The van der Waals surface area contributed by atoms with Crippen LogP contribution < -0.4 is 20.3 Å². The van der Waals surface area contributed by atoms with Gasteiger partial charge in [0.05, 0.1) is 19.2 Å². The fourth-order valence-corrected chi connectivity index (χ4v) is 4.52. The van der Waals surface area contributed by atoms with E-state index >= 15 is 0 Å². The predicted molar refractivity (Wildman–Crippen MR) is 135 cm³/mol. The van der Waals surface area contributed by atoms with Gasteiger partial charge in [0.2, 0.25) is 0 Å². The van der Waals surface area contributed by atoms with Crippen LogP contribution in [-0.2, 0) is 4.74 Å². The highest BCUT2D eigenvalue weighted by Gasteiger charge is 2.25. The van der Waals surface area contributed by atoms with Crippen LogP contribution >= 0.6 is 0 Å². The van der Waals surface area contributed by atoms with Gasteiger partial charge in [-0.3, -0.25) is 10.2 Å². The van der Waals surface area contributed by atoms with E-state index in [4.69, 9.17) is 19.4 Å². The van der Waals surface area contributed by atoms with E-state index in [1.165, 1.54) is 0 Å². The zero-order valence-corrected chi connectivity index (χ0v) is 21.1. The molecule has 0 saturated carbocycles. The van der Waals surface area contributed by atoms with Gasteiger partial charge >= 0.3 is 0 Å². The number of aliphatic hydroxyl groups excluding tert-OH is 1. The number of likely N-dealkylation sites (N-methyl/N-ethyl adjacent to an activating group) is 1. The van der Waals surface area contributed by atoms with Crippen LogP contribution in [0.2, 0.25) is 0 Å². The zero-order chi connectivity index (χ0) is 25.7. The number of aliphatic hydroxyl groups is 1. The number of benzene rings is 1. The molecule has 11 heteroatoms. The number of ether oxygens (including phenoxy) is 2. The molecule has 1 aromatic carbocycles. The topological polar surface area (TPSA) is 95.0 Å². The van der Waals surface area contributed by atoms with Crippen LogP contribution in [0.5, 0.6) is 5.75 Å². The van der Waals surface area contributed by atoms with E-state index in [1.54, 1.807) is 18.9 Å². The fraction of sp³-hybridized carbons (Fsp3) is 0.600. The third-order valence-corrected chi connectivity index (χ3v) is 6.54. The van der Waals surface area contributed by atoms with E-state index in [0.29, 0.717) is 51.0 Å². The molecule has 0 spiro atoms. The second-order valence-electron chi connectivity index (χ2n) is 9.32. The van der Waals surface area contributed by atoms with E-state index < -0.39 is 18.8 Å². The van der Waals surface area contributed by atoms with Crippen molar-refractivity contribution in [1.82, 2.24) is 20.2 Å². The van der Waals surface area contributed by atoms with E-state index in [2.05, 4.69) is 15.5 Å². The van der Waals surface area contributed by atoms with Gasteiger partial charge in [0.1, 0.15) is 23.5 Å². The quantitative estimate of drug-likeness (QED) is 0.420. The first kappa shape index (κ1) is 26.5. The number of nitrogens with zero attached hydrogens (tertiary/aromatic N) is 4. The molecule has 0 bridgehead atoms. The average Bonchev–Trinajstić information content (AvgIpc) is 3.37. The number of nitrogens with one attached hydrogen (secondary N) is 2. The monoisotopic (exact) mass is 506 g/mol. The van der Waals surface area contributed by atoms with Crippen molar-refractivity contribution in [1.29, 1.82) is 0 Å². The minimum atomic E-state index is -2.33. The summed E-state index contributed by atoms with van der Waals surface area (Å²) < 4.78 is 37.1. The van der Waals surface area contributed by atoms with Crippen LogP contribution in [0.4, 0.5) is 20.4 Å². The van der Waals surface area contributed by atoms with Crippen LogP contribution in [0.15, 0.2) is 24.3 Å². The summed E-state index contributed by atoms with van der Waals surface area (Å²) in [5.41, 5.74) is 1.70. The second-order valence-corrected chi connectivity index (χ2v) is 9.32. The zero-order valence-electron chi connectivity index (χ0n) is 21.1. The Kier molecular flexibility index (Phi) is 8.89. The van der Waals surface area contributed by atoms with Gasteiger partial charge in [-0.1, -0.05) is 12.1 Å². The van der Waals surface area contributed by atoms with Crippen LogP contribution in [0.1, 0.15) is 18.9 Å². The number of aromatic nitrogens is 2. The summed E-state index contributed by atoms with van der Waals surface area (Å²) >= 11 is 0. The minimum absolute atomic E-state index is 0.166. The number of hydrogen-bond donors (Lipinski definition) is 3. The SMILES string of the molecule is CNC(Oc1cccc(-c2nc(N[C@@H]3CCOC3)c(C)c(N3CCN(CC(F)F)CC3)n2)c1)C(C)O. The molecule has 198 valence electrons. The molecule has 2 aliphatic rings. The molecule has 2 saturated heterocycles. The Labute approximate surface area is 210 Å². The molecule has 2 unspecified atom stereocenters. The Balaban J connectivity index is 1.63. The van der Waals surface area contributed by atoms with Crippen molar-refractivity contribution in [3.63, 3.8) is 0 Å². The lowest BCUT2D eigenvalue weighted by atomic mass is 10.1. The molecule has 0 amide bonds. The number of piperazine rings is 1. The number of hydrogen-bond acceptors (Lipinski definition) is 9. The summed E-state index contributed by atoms with van der Waals surface area (Å²) in [4.78, 5) is 13.7. The number of halogens is 2. The van der Waals surface area contributed by atoms with E-state index in [-0.39, 0.29) is 12.6 Å². The number of anilines is 2. The highest BCUT2D eigenvalue weighted by Crippen LogP contribution is 2.31. The molecule has 9 nitrogen and oxygen atoms in total. The normalized spacial score (nSPS) is 20.5. The van der Waals surface area contributed by atoms with Gasteiger partial charge < -0.3 is 24.8 Å². The van der Waals surface area contributed by atoms with Crippen molar-refractivity contribution in [2.24, 2.45) is 0 Å². The highest BCUT2D eigenvalue weighted by atomic mass is 19.3. The van der Waals surface area contributed by atoms with Crippen LogP contribution in [0, 0.1) is 6.92 Å². The summed E-state index contributed by atoms with van der Waals surface area (Å²) in [6, 6.07) is 7.62. The fourth-order valence-electron chi connectivity index (χ4n) is 4.52. The third kappa shape index (κ3) is 6.58. The third-order valence-electron chi connectivity index (χ3n) is 6.54. The van der Waals surface area contributed by atoms with Crippen LogP contribution in [0.25, 0.3) is 11.4 Å². The first-order chi connectivity index (χ1) is 17.3. The van der Waals surface area contributed by atoms with E-state index in [1.807, 2.05) is 31.2 Å². The molecule has 3 heterocycles. The van der Waals surface area contributed by atoms with Crippen LogP contribution in [0.3, 0.4) is 0 Å². The maximum Gasteiger partial charge on any atom is 0.251 e. The van der Waals surface area contributed by atoms with Crippen molar-refractivity contribution in [3.05, 3.63) is 29.8 Å². The summed E-state index contributed by atoms with van der Waals surface area (Å²) in [5, 5.41) is 16.4. The van der Waals surface area contributed by atoms with E-state index in [0.717, 1.165) is 29.2 Å². The van der Waals surface area contributed by atoms with Gasteiger partial charge in [-0.05, 0) is 39.4 Å². The van der Waals surface area contributed by atoms with Crippen molar-refractivity contribution >= 4 is 11.6 Å². The van der Waals surface area contributed by atoms with Gasteiger partial charge in [0.15, 0.2) is 12.1 Å². The molecule has 3 N–H and O–H groups in total. The first-order valence-electron chi connectivity index (χ1n) is 12.4. The Morgan fingerprint density at radius 1 is 1.22 bits per heavy atom. The summed E-state index contributed by atoms with van der Waals surface area (Å²) in [5.74, 6) is 2.65. The molecule has 2 aliphatic heterocycles. The summed E-state index contributed by atoms with van der Waals surface area (Å²) in [6.45, 7) is 7.09. The molecule has 3 atom stereocenters. The van der Waals surface area contributed by atoms with Gasteiger partial charge in [0, 0.05) is 43.9 Å². The van der Waals surface area contributed by atoms with Crippen molar-refractivity contribution in [3.8, 4) is 17.1 Å². The molecular formula is C25H36F2N6O3. The van der Waals surface area contributed by atoms with Gasteiger partial charge in [-0.15, -0.1) is 0 Å². The van der Waals surface area contributed by atoms with Crippen LogP contribution in [-0.4, -0.2) is 97.8 Å². The Morgan fingerprint density at radius 2 is 2.00 bits per heavy atom. The minimum Gasteiger partial charge on any atom is -0.473 e. The Hall–Kier alpha value is -2.60. The summed E-state index contributed by atoms with van der Waals surface area (Å²) in [7, 11) is 1.72. The lowest BCUT2D eigenvalue weighted by molar-refractivity contribution is 0.0321.